The van der Waals surface area contributed by atoms with Crippen LogP contribution in [0.15, 0.2) is 30.5 Å². The van der Waals surface area contributed by atoms with Crippen LogP contribution in [-0.2, 0) is 6.54 Å². The molecule has 1 N–H and O–H groups in total. The number of piperidine rings is 1. The van der Waals surface area contributed by atoms with E-state index in [1.54, 1.807) is 0 Å². The zero-order valence-electron chi connectivity index (χ0n) is 18.7. The number of fused-ring (bicyclic) bond motifs is 1. The third kappa shape index (κ3) is 4.30. The molecule has 7 nitrogen and oxygen atoms in total. The van der Waals surface area contributed by atoms with Crippen LogP contribution in [-0.4, -0.2) is 53.3 Å². The molecule has 1 aromatic carbocycles. The summed E-state index contributed by atoms with van der Waals surface area (Å²) >= 11 is 0. The number of aryl methyl sites for hydroxylation is 1. The first-order chi connectivity index (χ1) is 15.0. The van der Waals surface area contributed by atoms with Gasteiger partial charge < -0.3 is 15.1 Å². The molecule has 1 fully saturated rings. The SMILES string of the molecule is Cc1c(C#N)cccc1CNc1nnc(C)c2cnc(N3CCC(N(C)C)CC3)cc12. The second-order valence-electron chi connectivity index (χ2n) is 8.46. The van der Waals surface area contributed by atoms with Crippen LogP contribution < -0.4 is 10.2 Å². The predicted octanol–water partition coefficient (Wildman–Crippen LogP) is 3.66. The summed E-state index contributed by atoms with van der Waals surface area (Å²) in [5.74, 6) is 1.73. The van der Waals surface area contributed by atoms with E-state index < -0.39 is 0 Å². The molecular weight excluding hydrogens is 386 g/mol. The number of hydrogen-bond acceptors (Lipinski definition) is 7. The van der Waals surface area contributed by atoms with Gasteiger partial charge in [0.25, 0.3) is 0 Å². The fourth-order valence-corrected chi connectivity index (χ4v) is 4.25. The van der Waals surface area contributed by atoms with Crippen LogP contribution in [0, 0.1) is 25.2 Å². The van der Waals surface area contributed by atoms with E-state index in [0.29, 0.717) is 18.2 Å². The molecule has 0 unspecified atom stereocenters. The zero-order chi connectivity index (χ0) is 22.0. The van der Waals surface area contributed by atoms with E-state index in [1.165, 1.54) is 0 Å². The number of aromatic nitrogens is 3. The Labute approximate surface area is 183 Å². The molecule has 0 spiro atoms. The molecule has 0 radical (unpaired) electrons. The first-order valence-corrected chi connectivity index (χ1v) is 10.7. The lowest BCUT2D eigenvalue weighted by atomic mass is 10.0. The first-order valence-electron chi connectivity index (χ1n) is 10.7. The molecule has 0 amide bonds. The summed E-state index contributed by atoms with van der Waals surface area (Å²) in [5, 5.41) is 23.5. The van der Waals surface area contributed by atoms with Crippen molar-refractivity contribution in [3.63, 3.8) is 0 Å². The fourth-order valence-electron chi connectivity index (χ4n) is 4.25. The van der Waals surface area contributed by atoms with Gasteiger partial charge in [0.05, 0.1) is 17.3 Å². The number of anilines is 2. The fraction of sp³-hybridized carbons (Fsp3) is 0.417. The highest BCUT2D eigenvalue weighted by Gasteiger charge is 2.22. The van der Waals surface area contributed by atoms with Crippen LogP contribution in [0.25, 0.3) is 10.8 Å². The summed E-state index contributed by atoms with van der Waals surface area (Å²) in [6.45, 7) is 6.53. The van der Waals surface area contributed by atoms with Crippen molar-refractivity contribution in [2.75, 3.05) is 37.4 Å². The Morgan fingerprint density at radius 1 is 1.16 bits per heavy atom. The van der Waals surface area contributed by atoms with Crippen molar-refractivity contribution in [1.29, 1.82) is 5.26 Å². The number of nitriles is 1. The standard InChI is InChI=1S/C24H29N7/c1-16-18(13-25)6-5-7-19(16)14-27-24-21-12-23(26-15-22(21)17(2)28-29-24)31-10-8-20(9-11-31)30(3)4/h5-7,12,15,20H,8-11,14H2,1-4H3,(H,27,29). The molecule has 0 aliphatic carbocycles. The van der Waals surface area contributed by atoms with E-state index in [-0.39, 0.29) is 0 Å². The van der Waals surface area contributed by atoms with E-state index >= 15 is 0 Å². The molecule has 3 aromatic rings. The molecule has 4 rings (SSSR count). The quantitative estimate of drug-likeness (QED) is 0.681. The van der Waals surface area contributed by atoms with Crippen LogP contribution in [0.1, 0.15) is 35.2 Å². The summed E-state index contributed by atoms with van der Waals surface area (Å²) < 4.78 is 0. The topological polar surface area (TPSA) is 81.0 Å². The molecule has 0 atom stereocenters. The smallest absolute Gasteiger partial charge is 0.157 e. The summed E-state index contributed by atoms with van der Waals surface area (Å²) in [6.07, 6.45) is 4.19. The molecule has 1 saturated heterocycles. The Balaban J connectivity index is 1.60. The molecule has 2 aromatic heterocycles. The van der Waals surface area contributed by atoms with E-state index in [2.05, 4.69) is 51.5 Å². The lowest BCUT2D eigenvalue weighted by Crippen LogP contribution is -2.42. The zero-order valence-corrected chi connectivity index (χ0v) is 18.7. The molecule has 7 heteroatoms. The molecular formula is C24H29N7. The third-order valence-corrected chi connectivity index (χ3v) is 6.37. The Morgan fingerprint density at radius 2 is 1.94 bits per heavy atom. The normalized spacial score (nSPS) is 14.8. The van der Waals surface area contributed by atoms with Crippen LogP contribution in [0.2, 0.25) is 0 Å². The molecule has 1 aliphatic heterocycles. The van der Waals surface area contributed by atoms with Crippen molar-refractivity contribution < 1.29 is 0 Å². The van der Waals surface area contributed by atoms with Gasteiger partial charge in [0.15, 0.2) is 5.82 Å². The molecule has 0 saturated carbocycles. The van der Waals surface area contributed by atoms with Crippen molar-refractivity contribution in [3.8, 4) is 6.07 Å². The minimum absolute atomic E-state index is 0.583. The van der Waals surface area contributed by atoms with Gasteiger partial charge in [-0.05, 0) is 64.0 Å². The van der Waals surface area contributed by atoms with Crippen molar-refractivity contribution in [3.05, 3.63) is 52.8 Å². The Hall–Kier alpha value is -3.24. The molecule has 31 heavy (non-hydrogen) atoms. The van der Waals surface area contributed by atoms with E-state index in [1.807, 2.05) is 38.2 Å². The van der Waals surface area contributed by atoms with Crippen LogP contribution in [0.4, 0.5) is 11.6 Å². The Bertz CT molecular complexity index is 1120. The average Bonchev–Trinajstić information content (AvgIpc) is 2.79. The van der Waals surface area contributed by atoms with E-state index in [0.717, 1.165) is 65.2 Å². The maximum atomic E-state index is 9.29. The highest BCUT2D eigenvalue weighted by molar-refractivity contribution is 5.94. The second kappa shape index (κ2) is 8.86. The highest BCUT2D eigenvalue weighted by Crippen LogP contribution is 2.28. The Kier molecular flexibility index (Phi) is 6.01. The molecule has 0 bridgehead atoms. The first kappa shape index (κ1) is 21.0. The van der Waals surface area contributed by atoms with Gasteiger partial charge in [-0.15, -0.1) is 5.10 Å². The predicted molar refractivity (Wildman–Crippen MR) is 124 cm³/mol. The number of benzene rings is 1. The van der Waals surface area contributed by atoms with Crippen molar-refractivity contribution in [1.82, 2.24) is 20.1 Å². The summed E-state index contributed by atoms with van der Waals surface area (Å²) in [5.41, 5.74) is 3.64. The maximum Gasteiger partial charge on any atom is 0.157 e. The summed E-state index contributed by atoms with van der Waals surface area (Å²) in [6, 6.07) is 10.8. The third-order valence-electron chi connectivity index (χ3n) is 6.37. The van der Waals surface area contributed by atoms with Crippen LogP contribution in [0.3, 0.4) is 0 Å². The van der Waals surface area contributed by atoms with Crippen molar-refractivity contribution in [2.45, 2.75) is 39.3 Å². The van der Waals surface area contributed by atoms with E-state index in [9.17, 15) is 5.26 Å². The Morgan fingerprint density at radius 3 is 2.65 bits per heavy atom. The second-order valence-corrected chi connectivity index (χ2v) is 8.46. The number of nitrogens with one attached hydrogen (secondary N) is 1. The lowest BCUT2D eigenvalue weighted by Gasteiger charge is -2.35. The molecule has 1 aliphatic rings. The van der Waals surface area contributed by atoms with Crippen molar-refractivity contribution in [2.24, 2.45) is 0 Å². The van der Waals surface area contributed by atoms with Gasteiger partial charge in [0.2, 0.25) is 0 Å². The van der Waals surface area contributed by atoms with Crippen molar-refractivity contribution >= 4 is 22.4 Å². The number of hydrogen-bond donors (Lipinski definition) is 1. The van der Waals surface area contributed by atoms with Gasteiger partial charge >= 0.3 is 0 Å². The number of pyridine rings is 1. The lowest BCUT2D eigenvalue weighted by molar-refractivity contribution is 0.249. The van der Waals surface area contributed by atoms with Crippen LogP contribution >= 0.6 is 0 Å². The minimum Gasteiger partial charge on any atom is -0.364 e. The molecule has 160 valence electrons. The van der Waals surface area contributed by atoms with Gasteiger partial charge in [0, 0.05) is 42.6 Å². The average molecular weight is 416 g/mol. The largest absolute Gasteiger partial charge is 0.364 e. The highest BCUT2D eigenvalue weighted by atomic mass is 15.2. The van der Waals surface area contributed by atoms with Gasteiger partial charge in [-0.2, -0.15) is 10.4 Å². The van der Waals surface area contributed by atoms with Crippen LogP contribution in [0.5, 0.6) is 0 Å². The monoisotopic (exact) mass is 415 g/mol. The number of nitrogens with zero attached hydrogens (tertiary/aromatic N) is 6. The minimum atomic E-state index is 0.583. The summed E-state index contributed by atoms with van der Waals surface area (Å²) in [7, 11) is 4.31. The molecule has 3 heterocycles. The van der Waals surface area contributed by atoms with Gasteiger partial charge in [-0.1, -0.05) is 12.1 Å². The van der Waals surface area contributed by atoms with Gasteiger partial charge in [-0.25, -0.2) is 4.98 Å². The van der Waals surface area contributed by atoms with Gasteiger partial charge in [0.1, 0.15) is 5.82 Å². The van der Waals surface area contributed by atoms with E-state index in [4.69, 9.17) is 4.98 Å². The van der Waals surface area contributed by atoms with Gasteiger partial charge in [-0.3, -0.25) is 0 Å². The maximum absolute atomic E-state index is 9.29. The summed E-state index contributed by atoms with van der Waals surface area (Å²) in [4.78, 5) is 9.41. The number of rotatable bonds is 5.